The van der Waals surface area contributed by atoms with Crippen molar-refractivity contribution in [2.24, 2.45) is 5.84 Å². The Kier molecular flexibility index (Phi) is 3.71. The Hall–Kier alpha value is -2.08. The highest BCUT2D eigenvalue weighted by Crippen LogP contribution is 2.41. The number of ether oxygens (including phenoxy) is 2. The highest BCUT2D eigenvalue weighted by molar-refractivity contribution is 5.88. The third-order valence-electron chi connectivity index (χ3n) is 3.15. The minimum atomic E-state index is -1.04. The van der Waals surface area contributed by atoms with E-state index >= 15 is 0 Å². The fraction of sp³-hybridized carbons (Fsp3) is 0.385. The van der Waals surface area contributed by atoms with Gasteiger partial charge in [-0.1, -0.05) is 30.3 Å². The number of benzene rings is 1. The number of nitrogens with zero attached hydrogens (tertiary/aromatic N) is 1. The van der Waals surface area contributed by atoms with E-state index < -0.39 is 17.6 Å². The molecule has 1 aromatic rings. The third-order valence-corrected chi connectivity index (χ3v) is 3.15. The molecule has 102 valence electrons. The van der Waals surface area contributed by atoms with Crippen molar-refractivity contribution < 1.29 is 19.1 Å². The Morgan fingerprint density at radius 3 is 2.47 bits per heavy atom. The number of methoxy groups -OCH3 is 1. The summed E-state index contributed by atoms with van der Waals surface area (Å²) in [6.45, 7) is 0.116. The fourth-order valence-electron chi connectivity index (χ4n) is 1.82. The van der Waals surface area contributed by atoms with Crippen molar-refractivity contribution in [1.82, 2.24) is 5.01 Å². The molecule has 1 fully saturated rings. The van der Waals surface area contributed by atoms with Gasteiger partial charge in [0.2, 0.25) is 0 Å². The van der Waals surface area contributed by atoms with Gasteiger partial charge in [0.05, 0.1) is 7.11 Å². The number of hydrogen-bond donors (Lipinski definition) is 1. The molecule has 0 radical (unpaired) electrons. The van der Waals surface area contributed by atoms with Gasteiger partial charge in [-0.15, -0.1) is 0 Å². The molecule has 0 atom stereocenters. The van der Waals surface area contributed by atoms with Crippen LogP contribution in [0.15, 0.2) is 30.3 Å². The van der Waals surface area contributed by atoms with Crippen molar-refractivity contribution in [3.63, 3.8) is 0 Å². The van der Waals surface area contributed by atoms with E-state index in [0.717, 1.165) is 10.6 Å². The summed E-state index contributed by atoms with van der Waals surface area (Å²) < 4.78 is 9.71. The van der Waals surface area contributed by atoms with Crippen LogP contribution in [0.2, 0.25) is 0 Å². The molecule has 2 rings (SSSR count). The Morgan fingerprint density at radius 2 is 1.95 bits per heavy atom. The molecule has 1 saturated carbocycles. The summed E-state index contributed by atoms with van der Waals surface area (Å²) in [5, 5.41) is 0.835. The van der Waals surface area contributed by atoms with Crippen molar-refractivity contribution >= 4 is 12.1 Å². The zero-order chi connectivity index (χ0) is 13.9. The van der Waals surface area contributed by atoms with Crippen LogP contribution in [-0.2, 0) is 20.9 Å². The van der Waals surface area contributed by atoms with Gasteiger partial charge >= 0.3 is 12.1 Å². The van der Waals surface area contributed by atoms with Crippen LogP contribution in [0.25, 0.3) is 0 Å². The zero-order valence-corrected chi connectivity index (χ0v) is 10.7. The lowest BCUT2D eigenvalue weighted by atomic mass is 10.2. The van der Waals surface area contributed by atoms with E-state index in [9.17, 15) is 9.59 Å². The molecule has 0 aromatic heterocycles. The minimum Gasteiger partial charge on any atom is -0.467 e. The monoisotopic (exact) mass is 264 g/mol. The molecular weight excluding hydrogens is 248 g/mol. The van der Waals surface area contributed by atoms with Gasteiger partial charge in [-0.2, -0.15) is 0 Å². The lowest BCUT2D eigenvalue weighted by Crippen LogP contribution is -2.52. The third kappa shape index (κ3) is 2.68. The SMILES string of the molecule is COC(=O)C1(N(N)C(=O)OCc2ccccc2)CC1. The first kappa shape index (κ1) is 13.4. The zero-order valence-electron chi connectivity index (χ0n) is 10.7. The Morgan fingerprint density at radius 1 is 1.32 bits per heavy atom. The van der Waals surface area contributed by atoms with Crippen LogP contribution < -0.4 is 5.84 Å². The van der Waals surface area contributed by atoms with Crippen molar-refractivity contribution in [1.29, 1.82) is 0 Å². The lowest BCUT2D eigenvalue weighted by molar-refractivity contribution is -0.148. The smallest absolute Gasteiger partial charge is 0.425 e. The quantitative estimate of drug-likeness (QED) is 0.382. The Labute approximate surface area is 111 Å². The van der Waals surface area contributed by atoms with E-state index in [1.165, 1.54) is 7.11 Å². The summed E-state index contributed by atoms with van der Waals surface area (Å²) in [7, 11) is 1.27. The number of nitrogens with two attached hydrogens (primary N) is 1. The summed E-state index contributed by atoms with van der Waals surface area (Å²) in [5.74, 6) is 5.15. The van der Waals surface area contributed by atoms with E-state index in [4.69, 9.17) is 10.6 Å². The van der Waals surface area contributed by atoms with Gasteiger partial charge in [0.1, 0.15) is 6.61 Å². The van der Waals surface area contributed by atoms with Gasteiger partial charge in [-0.05, 0) is 18.4 Å². The van der Waals surface area contributed by atoms with Crippen molar-refractivity contribution in [3.8, 4) is 0 Å². The first-order chi connectivity index (χ1) is 9.10. The van der Waals surface area contributed by atoms with Crippen molar-refractivity contribution in [2.45, 2.75) is 25.0 Å². The second kappa shape index (κ2) is 5.27. The number of rotatable bonds is 4. The molecular formula is C13H16N2O4. The highest BCUT2D eigenvalue weighted by atomic mass is 16.6. The van der Waals surface area contributed by atoms with E-state index in [0.29, 0.717) is 12.8 Å². The molecule has 0 heterocycles. The molecule has 0 aliphatic heterocycles. The maximum absolute atomic E-state index is 11.8. The standard InChI is InChI=1S/C13H16N2O4/c1-18-11(16)13(7-8-13)15(14)12(17)19-9-10-5-3-2-4-6-10/h2-6H,7-9,14H2,1H3. The molecule has 19 heavy (non-hydrogen) atoms. The number of carbonyl (C=O) groups excluding carboxylic acids is 2. The molecule has 0 spiro atoms. The molecule has 6 heteroatoms. The van der Waals surface area contributed by atoms with Crippen LogP contribution in [0.4, 0.5) is 4.79 Å². The van der Waals surface area contributed by atoms with E-state index in [-0.39, 0.29) is 6.61 Å². The average molecular weight is 264 g/mol. The summed E-state index contributed by atoms with van der Waals surface area (Å²) >= 11 is 0. The maximum Gasteiger partial charge on any atom is 0.425 e. The molecule has 1 aliphatic carbocycles. The van der Waals surface area contributed by atoms with E-state index in [1.807, 2.05) is 30.3 Å². The summed E-state index contributed by atoms with van der Waals surface area (Å²) in [4.78, 5) is 23.4. The van der Waals surface area contributed by atoms with Crippen LogP contribution in [0.3, 0.4) is 0 Å². The van der Waals surface area contributed by atoms with Gasteiger partial charge in [0.15, 0.2) is 5.54 Å². The normalized spacial score (nSPS) is 15.5. The predicted molar refractivity (Wildman–Crippen MR) is 66.6 cm³/mol. The summed E-state index contributed by atoms with van der Waals surface area (Å²) in [6.07, 6.45) is 0.263. The molecule has 1 aliphatic rings. The van der Waals surface area contributed by atoms with Crippen molar-refractivity contribution in [2.75, 3.05) is 7.11 Å². The summed E-state index contributed by atoms with van der Waals surface area (Å²) in [5.41, 5.74) is -0.185. The molecule has 0 unspecified atom stereocenters. The summed E-state index contributed by atoms with van der Waals surface area (Å²) in [6, 6.07) is 9.24. The van der Waals surface area contributed by atoms with Crippen LogP contribution >= 0.6 is 0 Å². The molecule has 1 amide bonds. The first-order valence-corrected chi connectivity index (χ1v) is 5.94. The van der Waals surface area contributed by atoms with Gasteiger partial charge in [-0.3, -0.25) is 0 Å². The molecule has 6 nitrogen and oxygen atoms in total. The Balaban J connectivity index is 1.92. The topological polar surface area (TPSA) is 81.9 Å². The average Bonchev–Trinajstić information content (AvgIpc) is 3.25. The van der Waals surface area contributed by atoms with E-state index in [2.05, 4.69) is 4.74 Å². The first-order valence-electron chi connectivity index (χ1n) is 5.94. The number of esters is 1. The van der Waals surface area contributed by atoms with Crippen LogP contribution in [0, 0.1) is 0 Å². The van der Waals surface area contributed by atoms with Gasteiger partial charge in [0, 0.05) is 0 Å². The second-order valence-corrected chi connectivity index (χ2v) is 4.43. The number of hydrogen-bond acceptors (Lipinski definition) is 5. The molecule has 0 bridgehead atoms. The predicted octanol–water partition coefficient (Wildman–Crippen LogP) is 1.20. The number of carbonyl (C=O) groups is 2. The lowest BCUT2D eigenvalue weighted by Gasteiger charge is -2.24. The largest absolute Gasteiger partial charge is 0.467 e. The van der Waals surface area contributed by atoms with Crippen molar-refractivity contribution in [3.05, 3.63) is 35.9 Å². The number of amides is 1. The second-order valence-electron chi connectivity index (χ2n) is 4.43. The maximum atomic E-state index is 11.8. The van der Waals surface area contributed by atoms with Crippen LogP contribution in [-0.4, -0.2) is 29.7 Å². The van der Waals surface area contributed by atoms with Gasteiger partial charge in [0.25, 0.3) is 0 Å². The highest BCUT2D eigenvalue weighted by Gasteiger charge is 2.58. The number of hydrazine groups is 1. The van der Waals surface area contributed by atoms with Crippen LogP contribution in [0.1, 0.15) is 18.4 Å². The van der Waals surface area contributed by atoms with Crippen LogP contribution in [0.5, 0.6) is 0 Å². The van der Waals surface area contributed by atoms with E-state index in [1.54, 1.807) is 0 Å². The minimum absolute atomic E-state index is 0.116. The van der Waals surface area contributed by atoms with Gasteiger partial charge in [-0.25, -0.2) is 20.4 Å². The Bertz CT molecular complexity index is 471. The molecule has 0 saturated heterocycles. The molecule has 1 aromatic carbocycles. The van der Waals surface area contributed by atoms with Gasteiger partial charge < -0.3 is 9.47 Å². The molecule has 2 N–H and O–H groups in total. The fourth-order valence-corrected chi connectivity index (χ4v) is 1.82.